The van der Waals surface area contributed by atoms with Crippen LogP contribution in [0.3, 0.4) is 0 Å². The number of hydrogen-bond donors (Lipinski definition) is 2. The lowest BCUT2D eigenvalue weighted by Gasteiger charge is -2.30. The molecule has 0 aromatic heterocycles. The van der Waals surface area contributed by atoms with Crippen molar-refractivity contribution < 1.29 is 32.9 Å². The van der Waals surface area contributed by atoms with Crippen LogP contribution in [0.2, 0.25) is 0 Å². The Labute approximate surface area is 378 Å². The van der Waals surface area contributed by atoms with E-state index in [9.17, 15) is 19.4 Å². The number of unbranched alkanes of at least 4 members (excludes halogenated alkanes) is 25. The van der Waals surface area contributed by atoms with Gasteiger partial charge in [0.15, 0.2) is 0 Å². The minimum absolute atomic E-state index is 0.0121. The zero-order chi connectivity index (χ0) is 45.0. The van der Waals surface area contributed by atoms with Crippen molar-refractivity contribution in [2.75, 3.05) is 40.9 Å². The zero-order valence-corrected chi connectivity index (χ0v) is 41.5. The van der Waals surface area contributed by atoms with Crippen molar-refractivity contribution in [2.45, 2.75) is 238 Å². The third-order valence-corrected chi connectivity index (χ3v) is 12.3. The van der Waals surface area contributed by atoms with Crippen LogP contribution in [0.4, 0.5) is 0 Å². The van der Waals surface area contributed by atoms with Gasteiger partial charge < -0.3 is 28.8 Å². The van der Waals surface area contributed by atoms with E-state index in [1.54, 1.807) is 0 Å². The minimum atomic E-state index is -4.55. The van der Waals surface area contributed by atoms with Crippen LogP contribution >= 0.6 is 7.82 Å². The maximum absolute atomic E-state index is 12.8. The normalized spacial score (nSPS) is 14.5. The highest BCUT2D eigenvalue weighted by atomic mass is 31.2. The van der Waals surface area contributed by atoms with E-state index in [-0.39, 0.29) is 19.1 Å². The summed E-state index contributed by atoms with van der Waals surface area (Å²) in [4.78, 5) is 25.2. The maximum atomic E-state index is 12.8. The molecular weight excluding hydrogens is 780 g/mol. The lowest BCUT2D eigenvalue weighted by atomic mass is 10.0. The fourth-order valence-corrected chi connectivity index (χ4v) is 8.05. The van der Waals surface area contributed by atoms with Crippen molar-refractivity contribution in [2.24, 2.45) is 0 Å². The van der Waals surface area contributed by atoms with E-state index in [2.05, 4.69) is 67.8 Å². The number of hydrogen-bond acceptors (Lipinski definition) is 6. The first-order valence-electron chi connectivity index (χ1n) is 25.5. The summed E-state index contributed by atoms with van der Waals surface area (Å²) in [5.41, 5.74) is 0. The van der Waals surface area contributed by atoms with E-state index in [1.165, 1.54) is 135 Å². The lowest BCUT2D eigenvalue weighted by Crippen LogP contribution is -2.46. The molecule has 0 saturated carbocycles. The van der Waals surface area contributed by atoms with Crippen LogP contribution in [0, 0.1) is 0 Å². The molecule has 61 heavy (non-hydrogen) atoms. The molecule has 3 unspecified atom stereocenters. The van der Waals surface area contributed by atoms with E-state index in [0.717, 1.165) is 64.2 Å². The summed E-state index contributed by atoms with van der Waals surface area (Å²) in [5, 5.41) is 13.8. The van der Waals surface area contributed by atoms with Crippen LogP contribution in [0.15, 0.2) is 48.6 Å². The van der Waals surface area contributed by atoms with Gasteiger partial charge in [-0.05, 0) is 51.4 Å². The van der Waals surface area contributed by atoms with Crippen LogP contribution < -0.4 is 10.2 Å². The van der Waals surface area contributed by atoms with Crippen LogP contribution in [0.1, 0.15) is 226 Å². The summed E-state index contributed by atoms with van der Waals surface area (Å²) >= 11 is 0. The largest absolute Gasteiger partial charge is 0.756 e. The van der Waals surface area contributed by atoms with Gasteiger partial charge in [0, 0.05) is 6.42 Å². The molecule has 1 amide bonds. The quantitative estimate of drug-likeness (QED) is 0.0273. The SMILES string of the molecule is CC/C=C\C/C=C\C/C=C\C/C=C\CCCCCCCCCCCCCCCCCCCCCCC(=O)NC(COP(=O)([O-])OCC[N+](C)(C)C)C(O)CCCCCCCC. The summed E-state index contributed by atoms with van der Waals surface area (Å²) in [5.74, 6) is -0.169. The van der Waals surface area contributed by atoms with Gasteiger partial charge in [0.25, 0.3) is 7.82 Å². The number of likely N-dealkylation sites (N-methyl/N-ethyl adjacent to an activating group) is 1. The Kier molecular flexibility index (Phi) is 42.6. The molecule has 358 valence electrons. The van der Waals surface area contributed by atoms with Crippen LogP contribution in [-0.2, 0) is 18.4 Å². The third-order valence-electron chi connectivity index (χ3n) is 11.3. The number of allylic oxidation sites excluding steroid dienone is 8. The molecule has 0 heterocycles. The molecule has 0 aliphatic heterocycles. The Morgan fingerprint density at radius 1 is 0.590 bits per heavy atom. The number of phosphoric ester groups is 1. The number of nitrogens with zero attached hydrogens (tertiary/aromatic N) is 1. The van der Waals surface area contributed by atoms with Crippen molar-refractivity contribution in [3.05, 3.63) is 48.6 Å². The Morgan fingerprint density at radius 3 is 1.46 bits per heavy atom. The van der Waals surface area contributed by atoms with Crippen LogP contribution in [0.25, 0.3) is 0 Å². The number of phosphoric acid groups is 1. The Morgan fingerprint density at radius 2 is 1.00 bits per heavy atom. The van der Waals surface area contributed by atoms with Crippen molar-refractivity contribution >= 4 is 13.7 Å². The molecule has 0 rings (SSSR count). The number of nitrogens with one attached hydrogen (secondary N) is 1. The van der Waals surface area contributed by atoms with E-state index < -0.39 is 20.0 Å². The molecule has 8 nitrogen and oxygen atoms in total. The molecule has 0 saturated heterocycles. The van der Waals surface area contributed by atoms with Gasteiger partial charge in [-0.1, -0.05) is 217 Å². The van der Waals surface area contributed by atoms with Crippen LogP contribution in [0.5, 0.6) is 0 Å². The molecule has 0 aromatic carbocycles. The molecule has 0 radical (unpaired) electrons. The molecule has 2 N–H and O–H groups in total. The Bertz CT molecular complexity index is 1130. The second-order valence-electron chi connectivity index (χ2n) is 18.5. The predicted molar refractivity (Wildman–Crippen MR) is 261 cm³/mol. The van der Waals surface area contributed by atoms with E-state index >= 15 is 0 Å². The number of quaternary nitrogens is 1. The van der Waals surface area contributed by atoms with Gasteiger partial charge in [0.1, 0.15) is 13.2 Å². The predicted octanol–water partition coefficient (Wildman–Crippen LogP) is 14.2. The lowest BCUT2D eigenvalue weighted by molar-refractivity contribution is -0.870. The number of carbonyl (C=O) groups is 1. The van der Waals surface area contributed by atoms with Crippen LogP contribution in [-0.4, -0.2) is 68.5 Å². The van der Waals surface area contributed by atoms with Gasteiger partial charge in [-0.15, -0.1) is 0 Å². The van der Waals surface area contributed by atoms with Gasteiger partial charge >= 0.3 is 0 Å². The van der Waals surface area contributed by atoms with Gasteiger partial charge in [-0.2, -0.15) is 0 Å². The first kappa shape index (κ1) is 59.5. The van der Waals surface area contributed by atoms with Gasteiger partial charge in [0.2, 0.25) is 5.91 Å². The molecule has 0 aromatic rings. The fraction of sp³-hybridized carbons (Fsp3) is 0.827. The first-order valence-corrected chi connectivity index (χ1v) is 26.9. The molecule has 0 aliphatic rings. The molecule has 9 heteroatoms. The van der Waals surface area contributed by atoms with Gasteiger partial charge in [-0.25, -0.2) is 0 Å². The highest BCUT2D eigenvalue weighted by molar-refractivity contribution is 7.45. The third kappa shape index (κ3) is 46.3. The zero-order valence-electron chi connectivity index (χ0n) is 40.6. The topological polar surface area (TPSA) is 108 Å². The molecular formula is C52H99N2O6P. The summed E-state index contributed by atoms with van der Waals surface area (Å²) in [6.45, 7) is 4.54. The second kappa shape index (κ2) is 43.7. The highest BCUT2D eigenvalue weighted by Crippen LogP contribution is 2.38. The van der Waals surface area contributed by atoms with Crippen molar-refractivity contribution in [1.82, 2.24) is 5.32 Å². The second-order valence-corrected chi connectivity index (χ2v) is 19.9. The molecule has 0 spiro atoms. The molecule has 0 fully saturated rings. The van der Waals surface area contributed by atoms with Crippen molar-refractivity contribution in [1.29, 1.82) is 0 Å². The smallest absolute Gasteiger partial charge is 0.268 e. The number of aliphatic hydroxyl groups is 1. The summed E-state index contributed by atoms with van der Waals surface area (Å²) in [6, 6.07) is -0.795. The number of aliphatic hydroxyl groups excluding tert-OH is 1. The minimum Gasteiger partial charge on any atom is -0.756 e. The summed E-state index contributed by atoms with van der Waals surface area (Å²) in [7, 11) is 1.30. The van der Waals surface area contributed by atoms with Gasteiger partial charge in [-0.3, -0.25) is 9.36 Å². The van der Waals surface area contributed by atoms with E-state index in [1.807, 2.05) is 21.1 Å². The fourth-order valence-electron chi connectivity index (χ4n) is 7.33. The standard InChI is InChI=1S/C52H99N2O6P/c1-6-8-10-12-14-15-16-17-18-19-20-21-22-23-24-25-26-27-28-29-30-31-32-33-34-35-36-37-38-39-40-42-44-46-52(56)53-50(51(55)45-43-41-13-11-9-7-2)49-60-61(57,58)59-48-47-54(3,4)5/h8,10,14-15,17-18,20-21,50-51,55H,6-7,9,11-13,16,19,22-49H2,1-5H3,(H-,53,56,57,58)/b10-8-,15-14-,18-17-,21-20-. The number of amides is 1. The molecule has 3 atom stereocenters. The molecule has 0 bridgehead atoms. The number of rotatable bonds is 46. The van der Waals surface area contributed by atoms with Gasteiger partial charge in [0.05, 0.1) is 39.9 Å². The van der Waals surface area contributed by atoms with E-state index in [4.69, 9.17) is 9.05 Å². The van der Waals surface area contributed by atoms with Crippen molar-refractivity contribution in [3.8, 4) is 0 Å². The Hall–Kier alpha value is -1.54. The number of carbonyl (C=O) groups excluding carboxylic acids is 1. The first-order chi connectivity index (χ1) is 29.5. The Balaban J connectivity index is 3.83. The maximum Gasteiger partial charge on any atom is 0.268 e. The monoisotopic (exact) mass is 879 g/mol. The summed E-state index contributed by atoms with van der Waals surface area (Å²) in [6.07, 6.45) is 56.1. The molecule has 0 aliphatic carbocycles. The highest BCUT2D eigenvalue weighted by Gasteiger charge is 2.24. The van der Waals surface area contributed by atoms with Crippen molar-refractivity contribution in [3.63, 3.8) is 0 Å². The average Bonchev–Trinajstić information content (AvgIpc) is 3.21. The summed E-state index contributed by atoms with van der Waals surface area (Å²) < 4.78 is 23.1. The average molecular weight is 879 g/mol. The van der Waals surface area contributed by atoms with E-state index in [0.29, 0.717) is 23.9 Å².